The second kappa shape index (κ2) is 6.26. The molecule has 0 spiro atoms. The Kier molecular flexibility index (Phi) is 4.66. The average molecular weight is 282 g/mol. The van der Waals surface area contributed by atoms with Crippen LogP contribution in [0.3, 0.4) is 0 Å². The maximum atomic E-state index is 11.5. The summed E-state index contributed by atoms with van der Waals surface area (Å²) in [7, 11) is 0. The molecular weight excluding hydrogens is 262 g/mol. The van der Waals surface area contributed by atoms with E-state index in [1.54, 1.807) is 12.1 Å². The van der Waals surface area contributed by atoms with Crippen LogP contribution in [0.2, 0.25) is 5.02 Å². The van der Waals surface area contributed by atoms with E-state index in [1.165, 1.54) is 6.42 Å². The maximum Gasteiger partial charge on any atom is 0.250 e. The zero-order chi connectivity index (χ0) is 13.8. The summed E-state index contributed by atoms with van der Waals surface area (Å²) < 4.78 is 0. The Hall–Kier alpha value is -1.26. The zero-order valence-corrected chi connectivity index (χ0v) is 11.7. The molecular formula is C14H20ClN3O. The fourth-order valence-electron chi connectivity index (χ4n) is 2.73. The fraction of sp³-hybridized carbons (Fsp3) is 0.500. The first-order valence-corrected chi connectivity index (χ1v) is 7.04. The second-order valence-corrected chi connectivity index (χ2v) is 5.49. The summed E-state index contributed by atoms with van der Waals surface area (Å²) in [5.74, 6) is 0.172. The van der Waals surface area contributed by atoms with Crippen molar-refractivity contribution in [3.63, 3.8) is 0 Å². The molecule has 1 heterocycles. The highest BCUT2D eigenvalue weighted by Crippen LogP contribution is 2.29. The van der Waals surface area contributed by atoms with Crippen LogP contribution in [0.5, 0.6) is 0 Å². The van der Waals surface area contributed by atoms with Gasteiger partial charge in [0.05, 0.1) is 11.3 Å². The minimum Gasteiger partial charge on any atom is -0.371 e. The van der Waals surface area contributed by atoms with Gasteiger partial charge in [-0.25, -0.2) is 0 Å². The quantitative estimate of drug-likeness (QED) is 0.887. The van der Waals surface area contributed by atoms with E-state index in [0.717, 1.165) is 31.6 Å². The number of anilines is 1. The molecule has 1 saturated heterocycles. The smallest absolute Gasteiger partial charge is 0.250 e. The third kappa shape index (κ3) is 3.39. The van der Waals surface area contributed by atoms with Crippen molar-refractivity contribution in [3.05, 3.63) is 28.8 Å². The van der Waals surface area contributed by atoms with Crippen LogP contribution in [0.1, 0.15) is 29.6 Å². The number of carbonyl (C=O) groups excluding carboxylic acids is 1. The first-order valence-electron chi connectivity index (χ1n) is 6.66. The van der Waals surface area contributed by atoms with E-state index in [2.05, 4.69) is 4.90 Å². The van der Waals surface area contributed by atoms with E-state index in [9.17, 15) is 4.79 Å². The number of halogens is 1. The number of primary amides is 1. The Labute approximate surface area is 118 Å². The van der Waals surface area contributed by atoms with Gasteiger partial charge >= 0.3 is 0 Å². The lowest BCUT2D eigenvalue weighted by Gasteiger charge is -2.35. The van der Waals surface area contributed by atoms with Gasteiger partial charge in [-0.05, 0) is 49.9 Å². The van der Waals surface area contributed by atoms with Crippen LogP contribution in [-0.4, -0.2) is 25.5 Å². The van der Waals surface area contributed by atoms with Crippen LogP contribution in [0, 0.1) is 5.92 Å². The van der Waals surface area contributed by atoms with Crippen LogP contribution >= 0.6 is 11.6 Å². The first-order chi connectivity index (χ1) is 9.11. The molecule has 0 saturated carbocycles. The molecule has 4 N–H and O–H groups in total. The summed E-state index contributed by atoms with van der Waals surface area (Å²) >= 11 is 6.04. The Morgan fingerprint density at radius 3 is 2.95 bits per heavy atom. The fourth-order valence-corrected chi connectivity index (χ4v) is 2.90. The minimum absolute atomic E-state index is 0.410. The van der Waals surface area contributed by atoms with Crippen LogP contribution in [0.15, 0.2) is 18.2 Å². The molecule has 1 unspecified atom stereocenters. The molecule has 104 valence electrons. The van der Waals surface area contributed by atoms with Crippen molar-refractivity contribution in [1.82, 2.24) is 0 Å². The van der Waals surface area contributed by atoms with Crippen LogP contribution in [-0.2, 0) is 0 Å². The van der Waals surface area contributed by atoms with Gasteiger partial charge in [0.2, 0.25) is 0 Å². The van der Waals surface area contributed by atoms with E-state index in [0.29, 0.717) is 23.0 Å². The van der Waals surface area contributed by atoms with Crippen LogP contribution in [0.25, 0.3) is 0 Å². The van der Waals surface area contributed by atoms with Crippen molar-refractivity contribution in [2.75, 3.05) is 24.5 Å². The Balaban J connectivity index is 2.24. The molecule has 1 atom stereocenters. The van der Waals surface area contributed by atoms with Gasteiger partial charge in [-0.1, -0.05) is 11.6 Å². The number of nitrogens with two attached hydrogens (primary N) is 2. The van der Waals surface area contributed by atoms with Gasteiger partial charge < -0.3 is 16.4 Å². The van der Waals surface area contributed by atoms with E-state index in [-0.39, 0.29) is 0 Å². The summed E-state index contributed by atoms with van der Waals surface area (Å²) in [6.45, 7) is 2.55. The van der Waals surface area contributed by atoms with Crippen molar-refractivity contribution in [2.45, 2.75) is 19.3 Å². The summed E-state index contributed by atoms with van der Waals surface area (Å²) in [5, 5.41) is 0.626. The number of piperidine rings is 1. The van der Waals surface area contributed by atoms with Gasteiger partial charge in [-0.2, -0.15) is 0 Å². The molecule has 0 bridgehead atoms. The Morgan fingerprint density at radius 1 is 1.47 bits per heavy atom. The van der Waals surface area contributed by atoms with Gasteiger partial charge in [0.1, 0.15) is 0 Å². The number of nitrogens with zero attached hydrogens (tertiary/aromatic N) is 1. The number of amides is 1. The number of carbonyl (C=O) groups is 1. The lowest BCUT2D eigenvalue weighted by molar-refractivity contribution is 0.100. The summed E-state index contributed by atoms with van der Waals surface area (Å²) in [6.07, 6.45) is 3.32. The van der Waals surface area contributed by atoms with Gasteiger partial charge in [0.25, 0.3) is 5.91 Å². The second-order valence-electron chi connectivity index (χ2n) is 5.06. The molecule has 0 aliphatic carbocycles. The zero-order valence-electron chi connectivity index (χ0n) is 10.9. The minimum atomic E-state index is -0.410. The summed E-state index contributed by atoms with van der Waals surface area (Å²) in [4.78, 5) is 13.7. The molecule has 1 aromatic rings. The maximum absolute atomic E-state index is 11.5. The van der Waals surface area contributed by atoms with E-state index < -0.39 is 5.91 Å². The third-order valence-electron chi connectivity index (χ3n) is 3.66. The van der Waals surface area contributed by atoms with Crippen molar-refractivity contribution < 1.29 is 4.79 Å². The lowest BCUT2D eigenvalue weighted by Crippen LogP contribution is -2.37. The molecule has 1 aromatic carbocycles. The van der Waals surface area contributed by atoms with Crippen LogP contribution < -0.4 is 16.4 Å². The standard InChI is InChI=1S/C14H20ClN3O/c15-11-3-4-12(14(17)19)13(8-11)18-7-1-2-10(9-18)5-6-16/h3-4,8,10H,1-2,5-7,9,16H2,(H2,17,19). The molecule has 1 aliphatic heterocycles. The topological polar surface area (TPSA) is 72.3 Å². The first kappa shape index (κ1) is 14.2. The van der Waals surface area contributed by atoms with Gasteiger partial charge in [-0.3, -0.25) is 4.79 Å². The number of benzene rings is 1. The number of hydrogen-bond acceptors (Lipinski definition) is 3. The highest BCUT2D eigenvalue weighted by Gasteiger charge is 2.22. The van der Waals surface area contributed by atoms with Crippen molar-refractivity contribution in [1.29, 1.82) is 0 Å². The molecule has 5 heteroatoms. The molecule has 0 radical (unpaired) electrons. The average Bonchev–Trinajstić information content (AvgIpc) is 2.39. The number of hydrogen-bond donors (Lipinski definition) is 2. The van der Waals surface area contributed by atoms with E-state index in [1.807, 2.05) is 6.07 Å². The summed E-state index contributed by atoms with van der Waals surface area (Å²) in [6, 6.07) is 5.23. The SMILES string of the molecule is NCCC1CCCN(c2cc(Cl)ccc2C(N)=O)C1. The lowest BCUT2D eigenvalue weighted by atomic mass is 9.94. The molecule has 2 rings (SSSR count). The molecule has 19 heavy (non-hydrogen) atoms. The van der Waals surface area contributed by atoms with Gasteiger partial charge in [0, 0.05) is 18.1 Å². The highest BCUT2D eigenvalue weighted by molar-refractivity contribution is 6.31. The predicted molar refractivity (Wildman–Crippen MR) is 78.6 cm³/mol. The van der Waals surface area contributed by atoms with Gasteiger partial charge in [-0.15, -0.1) is 0 Å². The van der Waals surface area contributed by atoms with Crippen molar-refractivity contribution in [3.8, 4) is 0 Å². The van der Waals surface area contributed by atoms with E-state index in [4.69, 9.17) is 23.1 Å². The van der Waals surface area contributed by atoms with Gasteiger partial charge in [0.15, 0.2) is 0 Å². The molecule has 1 amide bonds. The normalized spacial score (nSPS) is 19.5. The predicted octanol–water partition coefficient (Wildman–Crippen LogP) is 2.00. The molecule has 0 aromatic heterocycles. The third-order valence-corrected chi connectivity index (χ3v) is 3.89. The largest absolute Gasteiger partial charge is 0.371 e. The highest BCUT2D eigenvalue weighted by atomic mass is 35.5. The number of rotatable bonds is 4. The molecule has 4 nitrogen and oxygen atoms in total. The van der Waals surface area contributed by atoms with Crippen LogP contribution in [0.4, 0.5) is 5.69 Å². The van der Waals surface area contributed by atoms with E-state index >= 15 is 0 Å². The Bertz CT molecular complexity index is 462. The Morgan fingerprint density at radius 2 is 2.26 bits per heavy atom. The summed E-state index contributed by atoms with van der Waals surface area (Å²) in [5.41, 5.74) is 12.5. The van der Waals surface area contributed by atoms with Crippen molar-refractivity contribution >= 4 is 23.2 Å². The molecule has 1 aliphatic rings. The van der Waals surface area contributed by atoms with Crippen molar-refractivity contribution in [2.24, 2.45) is 17.4 Å². The monoisotopic (exact) mass is 281 g/mol. The molecule has 1 fully saturated rings.